The van der Waals surface area contributed by atoms with Gasteiger partial charge in [-0.05, 0) is 81.6 Å². The lowest BCUT2D eigenvalue weighted by Crippen LogP contribution is -2.44. The summed E-state index contributed by atoms with van der Waals surface area (Å²) in [5, 5.41) is 6.74. The monoisotopic (exact) mass is 519 g/mol. The standard InChI is InChI=1S/C27H33N7O2S/c1-33-14-16-34(17-15-33)22-12-10-19(11-13-22)29-27-30-25-7-3-6-24(25)26(31-27)28-21-4-2-5-23(18-21)37(35,36)32-20-8-9-20/h2,4-5,10-13,18,20,32H,3,6-9,14-17H2,1H3,(H2,28,29,30,31). The number of hydrogen-bond acceptors (Lipinski definition) is 8. The molecule has 194 valence electrons. The first-order valence-corrected chi connectivity index (χ1v) is 14.5. The number of piperazine rings is 1. The van der Waals surface area contributed by atoms with Crippen LogP contribution in [0.15, 0.2) is 53.4 Å². The van der Waals surface area contributed by atoms with Gasteiger partial charge in [0.15, 0.2) is 0 Å². The van der Waals surface area contributed by atoms with Gasteiger partial charge < -0.3 is 20.4 Å². The highest BCUT2D eigenvalue weighted by molar-refractivity contribution is 7.89. The van der Waals surface area contributed by atoms with Crippen LogP contribution < -0.4 is 20.3 Å². The molecule has 0 radical (unpaired) electrons. The van der Waals surface area contributed by atoms with Crippen LogP contribution in [0.3, 0.4) is 0 Å². The molecule has 0 unspecified atom stereocenters. The Morgan fingerprint density at radius 2 is 1.68 bits per heavy atom. The van der Waals surface area contributed by atoms with Crippen molar-refractivity contribution in [3.63, 3.8) is 0 Å². The van der Waals surface area contributed by atoms with E-state index in [9.17, 15) is 8.42 Å². The second-order valence-electron chi connectivity index (χ2n) is 10.2. The maximum Gasteiger partial charge on any atom is 0.240 e. The molecule has 2 heterocycles. The molecule has 9 nitrogen and oxygen atoms in total. The van der Waals surface area contributed by atoms with E-state index in [0.717, 1.165) is 81.0 Å². The highest BCUT2D eigenvalue weighted by Gasteiger charge is 2.28. The molecule has 0 amide bonds. The van der Waals surface area contributed by atoms with Crippen molar-refractivity contribution in [2.75, 3.05) is 48.8 Å². The van der Waals surface area contributed by atoms with Gasteiger partial charge in [0.1, 0.15) is 5.82 Å². The molecule has 3 N–H and O–H groups in total. The highest BCUT2D eigenvalue weighted by atomic mass is 32.2. The zero-order chi connectivity index (χ0) is 25.4. The maximum absolute atomic E-state index is 12.7. The van der Waals surface area contributed by atoms with Crippen molar-refractivity contribution in [3.05, 3.63) is 59.8 Å². The molecule has 0 bridgehead atoms. The predicted octanol–water partition coefficient (Wildman–Crippen LogP) is 3.65. The lowest BCUT2D eigenvalue weighted by Gasteiger charge is -2.34. The largest absolute Gasteiger partial charge is 0.369 e. The number of anilines is 5. The number of fused-ring (bicyclic) bond motifs is 1. The van der Waals surface area contributed by atoms with Crippen LogP contribution in [0, 0.1) is 0 Å². The normalized spacial score (nSPS) is 18.0. The summed E-state index contributed by atoms with van der Waals surface area (Å²) in [7, 11) is -1.37. The van der Waals surface area contributed by atoms with Gasteiger partial charge in [-0.2, -0.15) is 4.98 Å². The van der Waals surface area contributed by atoms with E-state index in [1.807, 2.05) is 6.07 Å². The average Bonchev–Trinajstić information content (AvgIpc) is 3.56. The van der Waals surface area contributed by atoms with E-state index in [0.29, 0.717) is 11.6 Å². The number of aromatic nitrogens is 2. The summed E-state index contributed by atoms with van der Waals surface area (Å²) in [5.74, 6) is 1.26. The molecular weight excluding hydrogens is 486 g/mol. The second kappa shape index (κ2) is 9.92. The zero-order valence-electron chi connectivity index (χ0n) is 21.1. The fourth-order valence-electron chi connectivity index (χ4n) is 4.91. The molecule has 1 aliphatic heterocycles. The first kappa shape index (κ1) is 24.1. The maximum atomic E-state index is 12.7. The Kier molecular flexibility index (Phi) is 6.48. The Balaban J connectivity index is 1.20. The lowest BCUT2D eigenvalue weighted by atomic mass is 10.2. The van der Waals surface area contributed by atoms with Gasteiger partial charge in [-0.25, -0.2) is 18.1 Å². The van der Waals surface area contributed by atoms with Crippen molar-refractivity contribution < 1.29 is 8.42 Å². The van der Waals surface area contributed by atoms with Crippen LogP contribution in [0.25, 0.3) is 0 Å². The molecule has 3 aromatic rings. The SMILES string of the molecule is CN1CCN(c2ccc(Nc3nc4c(c(Nc5cccc(S(=O)(=O)NC6CC6)c5)n3)CCC4)cc2)CC1. The summed E-state index contributed by atoms with van der Waals surface area (Å²) < 4.78 is 28.1. The van der Waals surface area contributed by atoms with E-state index in [-0.39, 0.29) is 10.9 Å². The molecule has 3 aliphatic rings. The highest BCUT2D eigenvalue weighted by Crippen LogP contribution is 2.31. The number of nitrogens with zero attached hydrogens (tertiary/aromatic N) is 4. The fraction of sp³-hybridized carbons (Fsp3) is 0.407. The van der Waals surface area contributed by atoms with Crippen LogP contribution in [0.1, 0.15) is 30.5 Å². The van der Waals surface area contributed by atoms with Gasteiger partial charge in [0.2, 0.25) is 16.0 Å². The van der Waals surface area contributed by atoms with E-state index >= 15 is 0 Å². The van der Waals surface area contributed by atoms with Gasteiger partial charge in [0, 0.05) is 54.8 Å². The predicted molar refractivity (Wildman–Crippen MR) is 147 cm³/mol. The number of aryl methyl sites for hydroxylation is 1. The number of sulfonamides is 1. The lowest BCUT2D eigenvalue weighted by molar-refractivity contribution is 0.313. The van der Waals surface area contributed by atoms with Crippen molar-refractivity contribution >= 4 is 38.9 Å². The number of likely N-dealkylation sites (N-methyl/N-ethyl adjacent to an activating group) is 1. The Labute approximate surface area is 218 Å². The quantitative estimate of drug-likeness (QED) is 0.415. The van der Waals surface area contributed by atoms with E-state index in [4.69, 9.17) is 9.97 Å². The summed E-state index contributed by atoms with van der Waals surface area (Å²) >= 11 is 0. The number of hydrogen-bond donors (Lipinski definition) is 3. The van der Waals surface area contributed by atoms with Crippen LogP contribution in [0.4, 0.5) is 28.8 Å². The first-order chi connectivity index (χ1) is 17.9. The van der Waals surface area contributed by atoms with E-state index in [1.165, 1.54) is 5.69 Å². The van der Waals surface area contributed by atoms with Crippen molar-refractivity contribution in [2.45, 2.75) is 43.0 Å². The number of rotatable bonds is 8. The van der Waals surface area contributed by atoms with Crippen LogP contribution in [-0.4, -0.2) is 62.6 Å². The summed E-state index contributed by atoms with van der Waals surface area (Å²) in [6.45, 7) is 4.21. The Morgan fingerprint density at radius 1 is 0.892 bits per heavy atom. The summed E-state index contributed by atoms with van der Waals surface area (Å²) in [6, 6.07) is 15.4. The van der Waals surface area contributed by atoms with Gasteiger partial charge in [-0.15, -0.1) is 0 Å². The van der Waals surface area contributed by atoms with Gasteiger partial charge in [-0.3, -0.25) is 0 Å². The Hall–Kier alpha value is -3.21. The molecule has 37 heavy (non-hydrogen) atoms. The fourth-order valence-corrected chi connectivity index (χ4v) is 6.26. The molecular formula is C27H33N7O2S. The molecule has 10 heteroatoms. The summed E-state index contributed by atoms with van der Waals surface area (Å²) in [4.78, 5) is 14.6. The Morgan fingerprint density at radius 3 is 2.43 bits per heavy atom. The van der Waals surface area contributed by atoms with Crippen molar-refractivity contribution in [3.8, 4) is 0 Å². The minimum atomic E-state index is -3.53. The van der Waals surface area contributed by atoms with Gasteiger partial charge in [0.05, 0.1) is 10.6 Å². The minimum absolute atomic E-state index is 0.0657. The summed E-state index contributed by atoms with van der Waals surface area (Å²) in [6.07, 6.45) is 4.64. The molecule has 1 aromatic heterocycles. The van der Waals surface area contributed by atoms with Crippen LogP contribution in [0.5, 0.6) is 0 Å². The van der Waals surface area contributed by atoms with E-state index in [1.54, 1.807) is 18.2 Å². The third-order valence-corrected chi connectivity index (χ3v) is 8.75. The van der Waals surface area contributed by atoms with Crippen LogP contribution in [0.2, 0.25) is 0 Å². The van der Waals surface area contributed by atoms with Crippen molar-refractivity contribution in [1.29, 1.82) is 0 Å². The molecule has 1 saturated heterocycles. The smallest absolute Gasteiger partial charge is 0.240 e. The van der Waals surface area contributed by atoms with E-state index in [2.05, 4.69) is 56.5 Å². The van der Waals surface area contributed by atoms with E-state index < -0.39 is 10.0 Å². The molecule has 2 fully saturated rings. The molecule has 0 spiro atoms. The third kappa shape index (κ3) is 5.56. The number of nitrogens with one attached hydrogen (secondary N) is 3. The first-order valence-electron chi connectivity index (χ1n) is 13.0. The van der Waals surface area contributed by atoms with Gasteiger partial charge in [0.25, 0.3) is 0 Å². The summed E-state index contributed by atoms with van der Waals surface area (Å²) in [5.41, 5.74) is 4.98. The molecule has 2 aliphatic carbocycles. The Bertz CT molecular complexity index is 1380. The third-order valence-electron chi connectivity index (χ3n) is 7.23. The molecule has 2 aromatic carbocycles. The number of benzene rings is 2. The van der Waals surface area contributed by atoms with Crippen molar-refractivity contribution in [2.24, 2.45) is 0 Å². The molecule has 1 saturated carbocycles. The van der Waals surface area contributed by atoms with Gasteiger partial charge >= 0.3 is 0 Å². The topological polar surface area (TPSA) is 102 Å². The van der Waals surface area contributed by atoms with Crippen LogP contribution in [-0.2, 0) is 22.9 Å². The average molecular weight is 520 g/mol. The van der Waals surface area contributed by atoms with Crippen molar-refractivity contribution in [1.82, 2.24) is 19.6 Å². The molecule has 6 rings (SSSR count). The minimum Gasteiger partial charge on any atom is -0.369 e. The second-order valence-corrected chi connectivity index (χ2v) is 11.9. The van der Waals surface area contributed by atoms with Gasteiger partial charge in [-0.1, -0.05) is 6.07 Å². The molecule has 0 atom stereocenters. The zero-order valence-corrected chi connectivity index (χ0v) is 21.9. The van der Waals surface area contributed by atoms with Crippen LogP contribution >= 0.6 is 0 Å².